The van der Waals surface area contributed by atoms with Gasteiger partial charge in [-0.3, -0.25) is 9.78 Å². The first kappa shape index (κ1) is 16.1. The van der Waals surface area contributed by atoms with E-state index < -0.39 is 5.82 Å². The lowest BCUT2D eigenvalue weighted by atomic mass is 10.0. The molecule has 6 heteroatoms. The van der Waals surface area contributed by atoms with E-state index in [4.69, 9.17) is 0 Å². The number of fused-ring (bicyclic) bond motifs is 2. The highest BCUT2D eigenvalue weighted by Crippen LogP contribution is 2.37. The molecule has 2 aromatic carbocycles. The maximum Gasteiger partial charge on any atom is 0.261 e. The Kier molecular flexibility index (Phi) is 3.72. The van der Waals surface area contributed by atoms with Crippen LogP contribution in [-0.2, 0) is 6.42 Å². The summed E-state index contributed by atoms with van der Waals surface area (Å²) in [5, 5.41) is 0. The third-order valence-corrected chi connectivity index (χ3v) is 5.69. The molecule has 0 N–H and O–H groups in total. The maximum absolute atomic E-state index is 14.1. The number of nitrogens with zero attached hydrogens (tertiary/aromatic N) is 3. The second-order valence-electron chi connectivity index (χ2n) is 6.41. The Hall–Kier alpha value is -3.12. The van der Waals surface area contributed by atoms with Crippen molar-refractivity contribution in [1.29, 1.82) is 0 Å². The summed E-state index contributed by atoms with van der Waals surface area (Å²) in [6.45, 7) is 0.518. The van der Waals surface area contributed by atoms with Crippen LogP contribution in [0.5, 0.6) is 0 Å². The molecule has 0 atom stereocenters. The van der Waals surface area contributed by atoms with Crippen LogP contribution >= 0.6 is 11.3 Å². The monoisotopic (exact) mass is 375 g/mol. The lowest BCUT2D eigenvalue weighted by molar-refractivity contribution is 0.0985. The lowest BCUT2D eigenvalue weighted by Crippen LogP contribution is -2.29. The highest BCUT2D eigenvalue weighted by molar-refractivity contribution is 7.16. The molecule has 5 rings (SSSR count). The molecule has 1 aliphatic heterocycles. The van der Waals surface area contributed by atoms with Gasteiger partial charge in [0.2, 0.25) is 0 Å². The number of amides is 1. The van der Waals surface area contributed by atoms with Crippen LogP contribution in [0.3, 0.4) is 0 Å². The molecule has 2 aromatic heterocycles. The number of carbonyl (C=O) groups excluding carboxylic acids is 1. The van der Waals surface area contributed by atoms with E-state index in [1.54, 1.807) is 34.6 Å². The van der Waals surface area contributed by atoms with E-state index in [2.05, 4.69) is 16.0 Å². The topological polar surface area (TPSA) is 46.1 Å². The number of hydrogen-bond donors (Lipinski definition) is 0. The number of halogens is 1. The van der Waals surface area contributed by atoms with Gasteiger partial charge in [0.25, 0.3) is 5.91 Å². The van der Waals surface area contributed by atoms with Crippen molar-refractivity contribution in [2.45, 2.75) is 6.42 Å². The molecule has 0 aliphatic carbocycles. The van der Waals surface area contributed by atoms with Crippen LogP contribution in [0.4, 0.5) is 10.1 Å². The first-order valence-corrected chi connectivity index (χ1v) is 9.47. The van der Waals surface area contributed by atoms with Gasteiger partial charge < -0.3 is 4.90 Å². The lowest BCUT2D eigenvalue weighted by Gasteiger charge is -2.18. The van der Waals surface area contributed by atoms with E-state index in [1.165, 1.54) is 12.1 Å². The van der Waals surface area contributed by atoms with Crippen LogP contribution in [0, 0.1) is 5.82 Å². The number of thiazole rings is 1. The normalized spacial score (nSPS) is 13.1. The molecule has 0 saturated heterocycles. The van der Waals surface area contributed by atoms with Gasteiger partial charge in [0.15, 0.2) is 0 Å². The number of aromatic nitrogens is 2. The zero-order valence-corrected chi connectivity index (χ0v) is 15.0. The van der Waals surface area contributed by atoms with Gasteiger partial charge >= 0.3 is 0 Å². The summed E-state index contributed by atoms with van der Waals surface area (Å²) in [5.41, 5.74) is 6.77. The molecule has 4 nitrogen and oxygen atoms in total. The van der Waals surface area contributed by atoms with E-state index in [0.717, 1.165) is 32.6 Å². The number of benzene rings is 2. The highest BCUT2D eigenvalue weighted by Gasteiger charge is 2.29. The Morgan fingerprint density at radius 2 is 2.04 bits per heavy atom. The van der Waals surface area contributed by atoms with Crippen LogP contribution in [0.25, 0.3) is 21.3 Å². The summed E-state index contributed by atoms with van der Waals surface area (Å²) in [4.78, 5) is 23.2. The number of rotatable bonds is 2. The fraction of sp³-hybridized carbons (Fsp3) is 0.0952. The minimum atomic E-state index is -0.504. The van der Waals surface area contributed by atoms with Crippen molar-refractivity contribution in [3.05, 3.63) is 77.3 Å². The predicted octanol–water partition coefficient (Wildman–Crippen LogP) is 4.70. The van der Waals surface area contributed by atoms with E-state index in [1.807, 2.05) is 23.8 Å². The van der Waals surface area contributed by atoms with Crippen molar-refractivity contribution in [2.24, 2.45) is 0 Å². The fourth-order valence-corrected chi connectivity index (χ4v) is 4.29. The largest absolute Gasteiger partial charge is 0.306 e. The average Bonchev–Trinajstić information content (AvgIpc) is 3.34. The molecule has 1 amide bonds. The van der Waals surface area contributed by atoms with Crippen molar-refractivity contribution in [2.75, 3.05) is 11.4 Å². The average molecular weight is 375 g/mol. The van der Waals surface area contributed by atoms with Crippen molar-refractivity contribution in [1.82, 2.24) is 9.97 Å². The van der Waals surface area contributed by atoms with E-state index in [-0.39, 0.29) is 11.5 Å². The first-order chi connectivity index (χ1) is 13.2. The van der Waals surface area contributed by atoms with Crippen molar-refractivity contribution < 1.29 is 9.18 Å². The molecule has 0 unspecified atom stereocenters. The first-order valence-electron chi connectivity index (χ1n) is 8.59. The molecule has 3 heterocycles. The van der Waals surface area contributed by atoms with Crippen LogP contribution in [-0.4, -0.2) is 22.4 Å². The molecule has 0 fully saturated rings. The summed E-state index contributed by atoms with van der Waals surface area (Å²) >= 11 is 1.60. The molecule has 132 valence electrons. The second kappa shape index (κ2) is 6.25. The molecular weight excluding hydrogens is 361 g/mol. The molecule has 27 heavy (non-hydrogen) atoms. The molecule has 0 radical (unpaired) electrons. The van der Waals surface area contributed by atoms with Crippen LogP contribution < -0.4 is 4.90 Å². The number of anilines is 1. The van der Waals surface area contributed by atoms with Crippen molar-refractivity contribution in [3.8, 4) is 11.1 Å². The van der Waals surface area contributed by atoms with Gasteiger partial charge in [0, 0.05) is 18.3 Å². The minimum Gasteiger partial charge on any atom is -0.306 e. The third-order valence-electron chi connectivity index (χ3n) is 4.90. The van der Waals surface area contributed by atoms with Gasteiger partial charge in [-0.15, -0.1) is 11.3 Å². The molecule has 0 saturated carbocycles. The SMILES string of the molecule is O=C(c1ccccc1F)N1CCc2c(-c3ccc4ncsc4c3)cncc21. The molecular formula is C21H14FN3OS. The quantitative estimate of drug-likeness (QED) is 0.510. The highest BCUT2D eigenvalue weighted by atomic mass is 32.1. The van der Waals surface area contributed by atoms with E-state index in [9.17, 15) is 9.18 Å². The van der Waals surface area contributed by atoms with Gasteiger partial charge in [0.05, 0.1) is 33.2 Å². The zero-order valence-electron chi connectivity index (χ0n) is 14.2. The predicted molar refractivity (Wildman–Crippen MR) is 105 cm³/mol. The molecule has 1 aliphatic rings. The Morgan fingerprint density at radius 1 is 1.15 bits per heavy atom. The van der Waals surface area contributed by atoms with Crippen molar-refractivity contribution >= 4 is 33.1 Å². The summed E-state index contributed by atoms with van der Waals surface area (Å²) < 4.78 is 15.2. The van der Waals surface area contributed by atoms with Gasteiger partial charge in [-0.2, -0.15) is 0 Å². The third kappa shape index (κ3) is 2.61. The minimum absolute atomic E-state index is 0.0850. The Labute approximate surface area is 158 Å². The Morgan fingerprint density at radius 3 is 2.93 bits per heavy atom. The number of hydrogen-bond acceptors (Lipinski definition) is 4. The van der Waals surface area contributed by atoms with Crippen LogP contribution in [0.15, 0.2) is 60.4 Å². The zero-order chi connectivity index (χ0) is 18.4. The smallest absolute Gasteiger partial charge is 0.261 e. The van der Waals surface area contributed by atoms with Crippen LogP contribution in [0.1, 0.15) is 15.9 Å². The van der Waals surface area contributed by atoms with E-state index in [0.29, 0.717) is 13.0 Å². The van der Waals surface area contributed by atoms with Gasteiger partial charge in [0.1, 0.15) is 5.82 Å². The maximum atomic E-state index is 14.1. The summed E-state index contributed by atoms with van der Waals surface area (Å²) in [7, 11) is 0. The second-order valence-corrected chi connectivity index (χ2v) is 7.29. The molecule has 4 aromatic rings. The van der Waals surface area contributed by atoms with Gasteiger partial charge in [-0.25, -0.2) is 9.37 Å². The van der Waals surface area contributed by atoms with Gasteiger partial charge in [-0.1, -0.05) is 18.2 Å². The Balaban J connectivity index is 1.57. The fourth-order valence-electron chi connectivity index (χ4n) is 3.58. The summed E-state index contributed by atoms with van der Waals surface area (Å²) in [6, 6.07) is 12.2. The number of carbonyl (C=O) groups is 1. The number of pyridine rings is 1. The van der Waals surface area contributed by atoms with E-state index >= 15 is 0 Å². The standard InChI is InChI=1S/C21H14FN3OS/c22-17-4-2-1-3-15(17)21(26)25-8-7-14-16(10-23-11-19(14)25)13-5-6-18-20(9-13)27-12-24-18/h1-6,9-12H,7-8H2. The molecule has 0 bridgehead atoms. The summed E-state index contributed by atoms with van der Waals surface area (Å²) in [6.07, 6.45) is 4.24. The van der Waals surface area contributed by atoms with Crippen molar-refractivity contribution in [3.63, 3.8) is 0 Å². The summed E-state index contributed by atoms with van der Waals surface area (Å²) in [5.74, 6) is -0.834. The Bertz CT molecular complexity index is 1190. The molecule has 0 spiro atoms. The van der Waals surface area contributed by atoms with Gasteiger partial charge in [-0.05, 0) is 41.8 Å². The van der Waals surface area contributed by atoms with Crippen LogP contribution in [0.2, 0.25) is 0 Å².